The summed E-state index contributed by atoms with van der Waals surface area (Å²) in [6.45, 7) is 2.60. The van der Waals surface area contributed by atoms with Gasteiger partial charge in [0, 0.05) is 11.3 Å². The lowest BCUT2D eigenvalue weighted by Crippen LogP contribution is -1.97. The second-order valence-electron chi connectivity index (χ2n) is 7.22. The molecule has 152 valence electrons. The highest BCUT2D eigenvalue weighted by molar-refractivity contribution is 5.98. The van der Waals surface area contributed by atoms with Crippen molar-refractivity contribution in [3.05, 3.63) is 96.3 Å². The number of hydrogen-bond acceptors (Lipinski definition) is 6. The maximum absolute atomic E-state index is 5.89. The van der Waals surface area contributed by atoms with E-state index in [2.05, 4.69) is 51.6 Å². The summed E-state index contributed by atoms with van der Waals surface area (Å²) in [6, 6.07) is 25.9. The summed E-state index contributed by atoms with van der Waals surface area (Å²) in [6.07, 6.45) is 1.46. The van der Waals surface area contributed by atoms with Gasteiger partial charge < -0.3 is 14.6 Å². The molecule has 5 aromatic rings. The Balaban J connectivity index is 1.35. The minimum absolute atomic E-state index is 0.439. The molecule has 2 heterocycles. The minimum Gasteiger partial charge on any atom is -0.489 e. The first-order valence-electron chi connectivity index (χ1n) is 9.97. The van der Waals surface area contributed by atoms with Gasteiger partial charge in [0.15, 0.2) is 0 Å². The molecular formula is C25H20N4O2. The van der Waals surface area contributed by atoms with Crippen LogP contribution in [0.15, 0.2) is 89.7 Å². The number of fused-ring (bicyclic) bond motifs is 1. The van der Waals surface area contributed by atoms with Crippen molar-refractivity contribution in [1.82, 2.24) is 15.1 Å². The monoisotopic (exact) mass is 408 g/mol. The van der Waals surface area contributed by atoms with E-state index in [4.69, 9.17) is 9.26 Å². The van der Waals surface area contributed by atoms with Crippen molar-refractivity contribution in [3.8, 4) is 17.0 Å². The molecule has 6 nitrogen and oxygen atoms in total. The van der Waals surface area contributed by atoms with Crippen molar-refractivity contribution in [3.63, 3.8) is 0 Å². The highest BCUT2D eigenvalue weighted by atomic mass is 16.5. The van der Waals surface area contributed by atoms with Crippen molar-refractivity contribution >= 4 is 22.6 Å². The van der Waals surface area contributed by atoms with Crippen LogP contribution in [0.5, 0.6) is 5.75 Å². The number of nitrogens with zero attached hydrogens (tertiary/aromatic N) is 3. The van der Waals surface area contributed by atoms with Gasteiger partial charge in [-0.25, -0.2) is 4.98 Å². The third kappa shape index (κ3) is 4.09. The van der Waals surface area contributed by atoms with E-state index in [0.717, 1.165) is 28.0 Å². The highest BCUT2D eigenvalue weighted by Gasteiger charge is 2.16. The Morgan fingerprint density at radius 3 is 2.42 bits per heavy atom. The van der Waals surface area contributed by atoms with Crippen molar-refractivity contribution in [1.29, 1.82) is 0 Å². The van der Waals surface area contributed by atoms with Crippen LogP contribution in [0, 0.1) is 6.92 Å². The van der Waals surface area contributed by atoms with Crippen LogP contribution < -0.4 is 10.1 Å². The van der Waals surface area contributed by atoms with Gasteiger partial charge in [0.2, 0.25) is 0 Å². The number of hydrogen-bond donors (Lipinski definition) is 1. The predicted octanol–water partition coefficient (Wildman–Crippen LogP) is 5.92. The van der Waals surface area contributed by atoms with Gasteiger partial charge in [0.05, 0.1) is 0 Å². The fourth-order valence-corrected chi connectivity index (χ4v) is 3.30. The molecule has 0 aliphatic heterocycles. The summed E-state index contributed by atoms with van der Waals surface area (Å²) >= 11 is 0. The maximum Gasteiger partial charge on any atom is 0.263 e. The molecule has 0 saturated carbocycles. The molecule has 2 aromatic heterocycles. The summed E-state index contributed by atoms with van der Waals surface area (Å²) in [5.41, 5.74) is 5.34. The van der Waals surface area contributed by atoms with Crippen LogP contribution in [0.25, 0.3) is 22.4 Å². The SMILES string of the molecule is Cc1ccc(COc2ccc(Nc3ncnc4onc(-c5ccccc5)c34)cc2)cc1. The number of rotatable bonds is 6. The van der Waals surface area contributed by atoms with E-state index >= 15 is 0 Å². The summed E-state index contributed by atoms with van der Waals surface area (Å²) in [5, 5.41) is 8.29. The van der Waals surface area contributed by atoms with E-state index in [-0.39, 0.29) is 0 Å². The molecule has 0 radical (unpaired) electrons. The number of benzene rings is 3. The van der Waals surface area contributed by atoms with Crippen LogP contribution in [0.3, 0.4) is 0 Å². The molecule has 0 unspecified atom stereocenters. The average molecular weight is 408 g/mol. The molecule has 0 atom stereocenters. The Labute approximate surface area is 179 Å². The van der Waals surface area contributed by atoms with Crippen molar-refractivity contribution < 1.29 is 9.26 Å². The van der Waals surface area contributed by atoms with Gasteiger partial charge in [-0.05, 0) is 36.8 Å². The zero-order valence-electron chi connectivity index (χ0n) is 16.9. The minimum atomic E-state index is 0.439. The average Bonchev–Trinajstić information content (AvgIpc) is 3.26. The van der Waals surface area contributed by atoms with Gasteiger partial charge in [0.1, 0.15) is 35.6 Å². The Morgan fingerprint density at radius 2 is 1.65 bits per heavy atom. The fraction of sp³-hybridized carbons (Fsp3) is 0.0800. The topological polar surface area (TPSA) is 73.1 Å². The lowest BCUT2D eigenvalue weighted by Gasteiger charge is -2.09. The van der Waals surface area contributed by atoms with Crippen LogP contribution >= 0.6 is 0 Å². The Hall–Kier alpha value is -4.19. The zero-order chi connectivity index (χ0) is 21.0. The third-order valence-corrected chi connectivity index (χ3v) is 4.96. The summed E-state index contributed by atoms with van der Waals surface area (Å²) in [7, 11) is 0. The van der Waals surface area contributed by atoms with E-state index in [0.29, 0.717) is 23.8 Å². The van der Waals surface area contributed by atoms with Crippen LogP contribution in [0.4, 0.5) is 11.5 Å². The molecular weight excluding hydrogens is 388 g/mol. The predicted molar refractivity (Wildman–Crippen MR) is 120 cm³/mol. The standard InChI is InChI=1S/C25H20N4O2/c1-17-7-9-18(10-8-17)15-30-21-13-11-20(12-14-21)28-24-22-23(19-5-3-2-4-6-19)29-31-25(22)27-16-26-24/h2-14,16H,15H2,1H3,(H,26,27,28). The second-order valence-corrected chi connectivity index (χ2v) is 7.22. The van der Waals surface area contributed by atoms with E-state index in [1.54, 1.807) is 0 Å². The Kier molecular flexibility index (Phi) is 5.02. The van der Waals surface area contributed by atoms with Gasteiger partial charge in [-0.2, -0.15) is 4.98 Å². The molecule has 0 amide bonds. The first kappa shape index (κ1) is 18.8. The first-order valence-corrected chi connectivity index (χ1v) is 9.97. The highest BCUT2D eigenvalue weighted by Crippen LogP contribution is 2.32. The second kappa shape index (κ2) is 8.28. The number of aryl methyl sites for hydroxylation is 1. The van der Waals surface area contributed by atoms with Gasteiger partial charge in [-0.3, -0.25) is 0 Å². The van der Waals surface area contributed by atoms with Gasteiger partial charge in [-0.15, -0.1) is 0 Å². The molecule has 0 saturated heterocycles. The molecule has 5 rings (SSSR count). The molecule has 6 heteroatoms. The summed E-state index contributed by atoms with van der Waals surface area (Å²) in [5.74, 6) is 1.44. The molecule has 0 bridgehead atoms. The smallest absolute Gasteiger partial charge is 0.263 e. The largest absolute Gasteiger partial charge is 0.489 e. The van der Waals surface area contributed by atoms with E-state index < -0.39 is 0 Å². The molecule has 0 aliphatic rings. The number of anilines is 2. The molecule has 0 aliphatic carbocycles. The zero-order valence-corrected chi connectivity index (χ0v) is 16.9. The van der Waals surface area contributed by atoms with Gasteiger partial charge >= 0.3 is 0 Å². The van der Waals surface area contributed by atoms with Crippen LogP contribution in [-0.2, 0) is 6.61 Å². The van der Waals surface area contributed by atoms with Crippen LogP contribution in [0.2, 0.25) is 0 Å². The lowest BCUT2D eigenvalue weighted by molar-refractivity contribution is 0.306. The molecule has 1 N–H and O–H groups in total. The third-order valence-electron chi connectivity index (χ3n) is 4.96. The number of aromatic nitrogens is 3. The Morgan fingerprint density at radius 1 is 0.871 bits per heavy atom. The van der Waals surface area contributed by atoms with E-state index in [1.165, 1.54) is 11.9 Å². The number of ether oxygens (including phenoxy) is 1. The lowest BCUT2D eigenvalue weighted by atomic mass is 10.1. The van der Waals surface area contributed by atoms with Crippen LogP contribution in [0.1, 0.15) is 11.1 Å². The van der Waals surface area contributed by atoms with Crippen molar-refractivity contribution in [2.24, 2.45) is 0 Å². The van der Waals surface area contributed by atoms with E-state index in [9.17, 15) is 0 Å². The van der Waals surface area contributed by atoms with Gasteiger partial charge in [-0.1, -0.05) is 65.3 Å². The van der Waals surface area contributed by atoms with Crippen molar-refractivity contribution in [2.75, 3.05) is 5.32 Å². The first-order chi connectivity index (χ1) is 15.3. The Bertz CT molecular complexity index is 1300. The molecule has 31 heavy (non-hydrogen) atoms. The molecule has 3 aromatic carbocycles. The summed E-state index contributed by atoms with van der Waals surface area (Å²) < 4.78 is 11.3. The maximum atomic E-state index is 5.89. The quantitative estimate of drug-likeness (QED) is 0.376. The van der Waals surface area contributed by atoms with Crippen molar-refractivity contribution in [2.45, 2.75) is 13.5 Å². The number of nitrogens with one attached hydrogen (secondary N) is 1. The normalized spacial score (nSPS) is 10.9. The fourth-order valence-electron chi connectivity index (χ4n) is 3.30. The van der Waals surface area contributed by atoms with E-state index in [1.807, 2.05) is 54.6 Å². The van der Waals surface area contributed by atoms with Crippen LogP contribution in [-0.4, -0.2) is 15.1 Å². The summed E-state index contributed by atoms with van der Waals surface area (Å²) in [4.78, 5) is 8.61. The van der Waals surface area contributed by atoms with Gasteiger partial charge in [0.25, 0.3) is 5.71 Å². The molecule has 0 fully saturated rings. The molecule has 0 spiro atoms.